The molecule has 1 fully saturated rings. The minimum Gasteiger partial charge on any atom is -0.492 e. The quantitative estimate of drug-likeness (QED) is 0.506. The van der Waals surface area contributed by atoms with E-state index in [1.54, 1.807) is 0 Å². The van der Waals surface area contributed by atoms with Crippen LogP contribution in [0, 0.1) is 0 Å². The summed E-state index contributed by atoms with van der Waals surface area (Å²) in [5, 5.41) is 4.19. The number of hydrogen-bond acceptors (Lipinski definition) is 5. The van der Waals surface area contributed by atoms with Crippen LogP contribution in [0.4, 0.5) is 0 Å². The van der Waals surface area contributed by atoms with Crippen molar-refractivity contribution in [1.29, 1.82) is 0 Å². The van der Waals surface area contributed by atoms with Gasteiger partial charge >= 0.3 is 0 Å². The van der Waals surface area contributed by atoms with Gasteiger partial charge in [-0.05, 0) is 62.8 Å². The highest BCUT2D eigenvalue weighted by molar-refractivity contribution is 5.82. The Morgan fingerprint density at radius 3 is 2.88 bits per heavy atom. The second-order valence-corrected chi connectivity index (χ2v) is 8.94. The Bertz CT molecular complexity index is 1070. The molecule has 0 bridgehead atoms. The first-order valence-electron chi connectivity index (χ1n) is 11.8. The van der Waals surface area contributed by atoms with Gasteiger partial charge in [0.25, 0.3) is 0 Å². The third-order valence-electron chi connectivity index (χ3n) is 6.25. The molecule has 174 valence electrons. The maximum Gasteiger partial charge on any atom is 0.237 e. The molecule has 0 aliphatic carbocycles. The summed E-state index contributed by atoms with van der Waals surface area (Å²) < 4.78 is 5.91. The van der Waals surface area contributed by atoms with Crippen molar-refractivity contribution in [2.45, 2.75) is 38.4 Å². The minimum atomic E-state index is -0.00505. The monoisotopic (exact) mass is 446 g/mol. The van der Waals surface area contributed by atoms with Gasteiger partial charge in [0, 0.05) is 24.7 Å². The molecule has 4 rings (SSSR count). The number of piperidine rings is 1. The van der Waals surface area contributed by atoms with Crippen molar-refractivity contribution >= 4 is 16.8 Å². The molecule has 2 heterocycles. The number of nitrogens with zero attached hydrogens (tertiary/aromatic N) is 3. The van der Waals surface area contributed by atoms with Crippen molar-refractivity contribution in [3.63, 3.8) is 0 Å². The number of carbonyl (C=O) groups excluding carboxylic acids is 1. The predicted molar refractivity (Wildman–Crippen MR) is 132 cm³/mol. The highest BCUT2D eigenvalue weighted by Gasteiger charge is 2.25. The van der Waals surface area contributed by atoms with Gasteiger partial charge in [-0.1, -0.05) is 42.8 Å². The van der Waals surface area contributed by atoms with Crippen molar-refractivity contribution in [3.05, 3.63) is 71.9 Å². The van der Waals surface area contributed by atoms with E-state index in [1.165, 1.54) is 22.9 Å². The molecule has 6 heteroatoms. The summed E-state index contributed by atoms with van der Waals surface area (Å²) in [7, 11) is 4.15. The van der Waals surface area contributed by atoms with Gasteiger partial charge in [-0.15, -0.1) is 0 Å². The van der Waals surface area contributed by atoms with Crippen molar-refractivity contribution in [2.75, 3.05) is 33.8 Å². The number of aromatic nitrogens is 1. The van der Waals surface area contributed by atoms with Gasteiger partial charge < -0.3 is 10.1 Å². The van der Waals surface area contributed by atoms with Crippen LogP contribution in [0.1, 0.15) is 30.4 Å². The summed E-state index contributed by atoms with van der Waals surface area (Å²) in [5.41, 5.74) is 3.48. The SMILES string of the molecule is CN(Cc1cccc(OCCNC(=O)[C@@H]2CCCCN2C)c1)Cc1cccc2cccnc12. The lowest BCUT2D eigenvalue weighted by atomic mass is 10.0. The third kappa shape index (κ3) is 6.30. The van der Waals surface area contributed by atoms with Crippen LogP contribution in [-0.2, 0) is 17.9 Å². The molecule has 1 aliphatic rings. The average molecular weight is 447 g/mol. The fourth-order valence-corrected chi connectivity index (χ4v) is 4.55. The fraction of sp³-hybridized carbons (Fsp3) is 0.407. The van der Waals surface area contributed by atoms with E-state index >= 15 is 0 Å². The zero-order chi connectivity index (χ0) is 23.0. The Labute approximate surface area is 196 Å². The van der Waals surface area contributed by atoms with Crippen LogP contribution < -0.4 is 10.1 Å². The standard InChI is InChI=1S/C27H34N4O2/c1-30(20-23-10-6-9-22-11-7-14-28-26(22)23)19-21-8-5-12-24(18-21)33-17-15-29-27(32)25-13-3-4-16-31(25)2/h5-12,14,18,25H,3-4,13,15-17,19-20H2,1-2H3,(H,29,32)/t25-/m0/s1. The number of nitrogens with one attached hydrogen (secondary N) is 1. The van der Waals surface area contributed by atoms with Gasteiger partial charge in [-0.2, -0.15) is 0 Å². The van der Waals surface area contributed by atoms with E-state index in [9.17, 15) is 4.79 Å². The Balaban J connectivity index is 1.26. The van der Waals surface area contributed by atoms with E-state index in [0.717, 1.165) is 43.7 Å². The van der Waals surface area contributed by atoms with Crippen LogP contribution in [-0.4, -0.2) is 60.5 Å². The first-order valence-corrected chi connectivity index (χ1v) is 11.8. The van der Waals surface area contributed by atoms with Gasteiger partial charge in [0.05, 0.1) is 18.1 Å². The third-order valence-corrected chi connectivity index (χ3v) is 6.25. The Kier molecular flexibility index (Phi) is 7.92. The Morgan fingerprint density at radius 1 is 1.15 bits per heavy atom. The summed E-state index contributed by atoms with van der Waals surface area (Å²) in [4.78, 5) is 21.4. The topological polar surface area (TPSA) is 57.7 Å². The molecule has 2 aromatic carbocycles. The lowest BCUT2D eigenvalue weighted by Crippen LogP contribution is -2.48. The van der Waals surface area contributed by atoms with Crippen molar-refractivity contribution in [1.82, 2.24) is 20.1 Å². The molecule has 1 aliphatic heterocycles. The molecule has 6 nitrogen and oxygen atoms in total. The molecular formula is C27H34N4O2. The van der Waals surface area contributed by atoms with E-state index in [4.69, 9.17) is 4.74 Å². The molecule has 0 saturated carbocycles. The molecule has 33 heavy (non-hydrogen) atoms. The number of likely N-dealkylation sites (tertiary alicyclic amines) is 1. The number of fused-ring (bicyclic) bond motifs is 1. The normalized spacial score (nSPS) is 16.8. The molecule has 3 aromatic rings. The average Bonchev–Trinajstić information content (AvgIpc) is 2.82. The predicted octanol–water partition coefficient (Wildman–Crippen LogP) is 3.85. The van der Waals surface area contributed by atoms with E-state index < -0.39 is 0 Å². The summed E-state index contributed by atoms with van der Waals surface area (Å²) in [5.74, 6) is 0.941. The van der Waals surface area contributed by atoms with E-state index in [0.29, 0.717) is 13.2 Å². The van der Waals surface area contributed by atoms with Crippen LogP contribution in [0.15, 0.2) is 60.8 Å². The van der Waals surface area contributed by atoms with Gasteiger partial charge in [-0.25, -0.2) is 0 Å². The number of rotatable bonds is 9. The number of pyridine rings is 1. The van der Waals surface area contributed by atoms with E-state index in [-0.39, 0.29) is 11.9 Å². The lowest BCUT2D eigenvalue weighted by Gasteiger charge is -2.31. The number of likely N-dealkylation sites (N-methyl/N-ethyl adjacent to an activating group) is 1. The minimum absolute atomic E-state index is 0.00505. The van der Waals surface area contributed by atoms with Gasteiger partial charge in [0.1, 0.15) is 12.4 Å². The lowest BCUT2D eigenvalue weighted by molar-refractivity contribution is -0.127. The molecule has 1 N–H and O–H groups in total. The van der Waals surface area contributed by atoms with Crippen LogP contribution in [0.25, 0.3) is 10.9 Å². The number of benzene rings is 2. The number of amides is 1. The maximum atomic E-state index is 12.4. The fourth-order valence-electron chi connectivity index (χ4n) is 4.55. The highest BCUT2D eigenvalue weighted by Crippen LogP contribution is 2.20. The van der Waals surface area contributed by atoms with Crippen molar-refractivity contribution in [2.24, 2.45) is 0 Å². The van der Waals surface area contributed by atoms with E-state index in [2.05, 4.69) is 63.5 Å². The number of ether oxygens (including phenoxy) is 1. The summed E-state index contributed by atoms with van der Waals surface area (Å²) >= 11 is 0. The largest absolute Gasteiger partial charge is 0.492 e. The molecule has 0 spiro atoms. The van der Waals surface area contributed by atoms with Crippen LogP contribution in [0.2, 0.25) is 0 Å². The summed E-state index contributed by atoms with van der Waals surface area (Å²) in [6, 6.07) is 18.6. The molecule has 0 radical (unpaired) electrons. The maximum absolute atomic E-state index is 12.4. The van der Waals surface area contributed by atoms with Crippen molar-refractivity contribution < 1.29 is 9.53 Å². The molecule has 1 amide bonds. The van der Waals surface area contributed by atoms with E-state index in [1.807, 2.05) is 31.4 Å². The first kappa shape index (κ1) is 23.2. The number of para-hydroxylation sites is 1. The Morgan fingerprint density at radius 2 is 2.00 bits per heavy atom. The molecule has 1 atom stereocenters. The summed E-state index contributed by atoms with van der Waals surface area (Å²) in [6.07, 6.45) is 5.08. The molecule has 1 aromatic heterocycles. The van der Waals surface area contributed by atoms with Gasteiger partial charge in [0.2, 0.25) is 5.91 Å². The molecule has 1 saturated heterocycles. The summed E-state index contributed by atoms with van der Waals surface area (Å²) in [6.45, 7) is 3.60. The van der Waals surface area contributed by atoms with Crippen LogP contribution >= 0.6 is 0 Å². The van der Waals surface area contributed by atoms with Crippen LogP contribution in [0.5, 0.6) is 5.75 Å². The number of hydrogen-bond donors (Lipinski definition) is 1. The zero-order valence-electron chi connectivity index (χ0n) is 19.7. The molecule has 0 unspecified atom stereocenters. The first-order chi connectivity index (χ1) is 16.1. The smallest absolute Gasteiger partial charge is 0.237 e. The van der Waals surface area contributed by atoms with Gasteiger partial charge in [-0.3, -0.25) is 19.6 Å². The van der Waals surface area contributed by atoms with Crippen molar-refractivity contribution in [3.8, 4) is 5.75 Å². The zero-order valence-corrected chi connectivity index (χ0v) is 19.7. The van der Waals surface area contributed by atoms with Crippen LogP contribution in [0.3, 0.4) is 0 Å². The van der Waals surface area contributed by atoms with Gasteiger partial charge in [0.15, 0.2) is 0 Å². The Hall–Kier alpha value is -2.96. The highest BCUT2D eigenvalue weighted by atomic mass is 16.5. The molecular weight excluding hydrogens is 412 g/mol. The number of carbonyl (C=O) groups is 1. The second kappa shape index (κ2) is 11.3. The second-order valence-electron chi connectivity index (χ2n) is 8.94.